The lowest BCUT2D eigenvalue weighted by atomic mass is 10.00. The third-order valence-corrected chi connectivity index (χ3v) is 5.31. The highest BCUT2D eigenvalue weighted by Crippen LogP contribution is 2.32. The standard InChI is InChI=1S/C16H20N2S/c1-19(2,3)18-10-8-13(9-11-18)15-12-17-16-7-5-4-6-14(15)16/h4-8,12,17H,1-2,9-11H2,3H3. The molecule has 2 heterocycles. The quantitative estimate of drug-likeness (QED) is 0.829. The molecule has 0 radical (unpaired) electrons. The minimum absolute atomic E-state index is 0.966. The number of rotatable bonds is 2. The number of hydrogen-bond donors (Lipinski definition) is 1. The topological polar surface area (TPSA) is 19.0 Å². The number of fused-ring (bicyclic) bond motifs is 1. The Morgan fingerprint density at radius 1 is 1.26 bits per heavy atom. The Bertz CT molecular complexity index is 735. The fraction of sp³-hybridized carbons (Fsp3) is 0.250. The van der Waals surface area contributed by atoms with Crippen molar-refractivity contribution in [3.05, 3.63) is 42.1 Å². The van der Waals surface area contributed by atoms with Crippen LogP contribution in [-0.4, -0.2) is 40.4 Å². The molecule has 0 saturated heterocycles. The minimum atomic E-state index is -1.08. The molecule has 100 valence electrons. The molecule has 0 saturated carbocycles. The van der Waals surface area contributed by atoms with Crippen LogP contribution in [0, 0.1) is 0 Å². The second kappa shape index (κ2) is 4.58. The first-order chi connectivity index (χ1) is 9.05. The Balaban J connectivity index is 1.94. The number of para-hydroxylation sites is 1. The highest BCUT2D eigenvalue weighted by Gasteiger charge is 2.16. The van der Waals surface area contributed by atoms with Crippen molar-refractivity contribution in [2.45, 2.75) is 6.42 Å². The molecule has 0 atom stereocenters. The smallest absolute Gasteiger partial charge is 0.0460 e. The van der Waals surface area contributed by atoms with Crippen LogP contribution >= 0.6 is 9.39 Å². The van der Waals surface area contributed by atoms with Gasteiger partial charge < -0.3 is 4.98 Å². The van der Waals surface area contributed by atoms with Crippen molar-refractivity contribution in [1.29, 1.82) is 0 Å². The van der Waals surface area contributed by atoms with Gasteiger partial charge in [0.25, 0.3) is 0 Å². The van der Waals surface area contributed by atoms with E-state index >= 15 is 0 Å². The average molecular weight is 272 g/mol. The predicted octanol–water partition coefficient (Wildman–Crippen LogP) is 3.47. The third-order valence-electron chi connectivity index (χ3n) is 3.73. The van der Waals surface area contributed by atoms with E-state index in [9.17, 15) is 0 Å². The van der Waals surface area contributed by atoms with E-state index in [0.29, 0.717) is 0 Å². The summed E-state index contributed by atoms with van der Waals surface area (Å²) in [5, 5.41) is 1.32. The molecule has 1 aromatic carbocycles. The Morgan fingerprint density at radius 2 is 2.05 bits per heavy atom. The molecular weight excluding hydrogens is 252 g/mol. The molecule has 0 amide bonds. The maximum absolute atomic E-state index is 4.19. The molecule has 0 bridgehead atoms. The zero-order chi connectivity index (χ0) is 13.5. The first-order valence-corrected chi connectivity index (χ1v) is 8.84. The van der Waals surface area contributed by atoms with Crippen molar-refractivity contribution < 1.29 is 0 Å². The molecule has 1 aliphatic heterocycles. The second-order valence-corrected chi connectivity index (χ2v) is 8.30. The molecule has 1 N–H and O–H groups in total. The molecule has 0 unspecified atom stereocenters. The number of hydrogen-bond acceptors (Lipinski definition) is 1. The molecule has 0 fully saturated rings. The van der Waals surface area contributed by atoms with E-state index in [0.717, 1.165) is 19.5 Å². The zero-order valence-electron chi connectivity index (χ0n) is 11.4. The van der Waals surface area contributed by atoms with Crippen LogP contribution in [0.1, 0.15) is 12.0 Å². The van der Waals surface area contributed by atoms with Gasteiger partial charge in [0.15, 0.2) is 0 Å². The first-order valence-electron chi connectivity index (χ1n) is 6.51. The lowest BCUT2D eigenvalue weighted by Crippen LogP contribution is -2.24. The highest BCUT2D eigenvalue weighted by atomic mass is 32.2. The summed E-state index contributed by atoms with van der Waals surface area (Å²) in [6, 6.07) is 8.48. The lowest BCUT2D eigenvalue weighted by Gasteiger charge is -2.30. The Hall–Kier alpha value is -1.45. The van der Waals surface area contributed by atoms with E-state index in [1.54, 1.807) is 0 Å². The van der Waals surface area contributed by atoms with Crippen LogP contribution in [0.15, 0.2) is 36.5 Å². The summed E-state index contributed by atoms with van der Waals surface area (Å²) < 4.78 is 2.39. The molecule has 0 aliphatic carbocycles. The summed E-state index contributed by atoms with van der Waals surface area (Å²) in [7, 11) is -1.08. The van der Waals surface area contributed by atoms with Gasteiger partial charge in [-0.2, -0.15) is 9.39 Å². The maximum atomic E-state index is 4.19. The van der Waals surface area contributed by atoms with Crippen molar-refractivity contribution >= 4 is 37.6 Å². The number of H-pyrrole nitrogens is 1. The third kappa shape index (κ3) is 2.36. The number of aromatic amines is 1. The van der Waals surface area contributed by atoms with E-state index in [4.69, 9.17) is 0 Å². The molecule has 2 nitrogen and oxygen atoms in total. The molecule has 19 heavy (non-hydrogen) atoms. The molecule has 3 heteroatoms. The van der Waals surface area contributed by atoms with Gasteiger partial charge >= 0.3 is 0 Å². The van der Waals surface area contributed by atoms with Crippen LogP contribution in [0.2, 0.25) is 0 Å². The molecule has 3 rings (SSSR count). The monoisotopic (exact) mass is 272 g/mol. The van der Waals surface area contributed by atoms with Gasteiger partial charge in [-0.25, -0.2) is 0 Å². The van der Waals surface area contributed by atoms with Crippen LogP contribution in [0.4, 0.5) is 0 Å². The van der Waals surface area contributed by atoms with E-state index in [1.165, 1.54) is 22.0 Å². The summed E-state index contributed by atoms with van der Waals surface area (Å²) in [6.07, 6.45) is 7.69. The van der Waals surface area contributed by atoms with Gasteiger partial charge in [0.2, 0.25) is 0 Å². The van der Waals surface area contributed by atoms with Crippen molar-refractivity contribution in [2.75, 3.05) is 19.3 Å². The SMILES string of the molecule is C=S(=C)(C)N1CC=C(c2c[nH]c3ccccc23)CC1. The van der Waals surface area contributed by atoms with Crippen LogP contribution in [0.25, 0.3) is 16.5 Å². The minimum Gasteiger partial charge on any atom is -0.361 e. The van der Waals surface area contributed by atoms with Crippen LogP contribution < -0.4 is 0 Å². The van der Waals surface area contributed by atoms with Gasteiger partial charge in [0, 0.05) is 35.8 Å². The fourth-order valence-electron chi connectivity index (χ4n) is 2.63. The van der Waals surface area contributed by atoms with E-state index in [-0.39, 0.29) is 0 Å². The number of benzene rings is 1. The Morgan fingerprint density at radius 3 is 2.74 bits per heavy atom. The highest BCUT2D eigenvalue weighted by molar-refractivity contribution is 8.25. The number of nitrogens with one attached hydrogen (secondary N) is 1. The average Bonchev–Trinajstić information content (AvgIpc) is 2.82. The van der Waals surface area contributed by atoms with Gasteiger partial charge in [-0.1, -0.05) is 36.0 Å². The van der Waals surface area contributed by atoms with Crippen molar-refractivity contribution in [3.8, 4) is 0 Å². The fourth-order valence-corrected chi connectivity index (χ4v) is 3.60. The summed E-state index contributed by atoms with van der Waals surface area (Å²) >= 11 is 0. The van der Waals surface area contributed by atoms with E-state index < -0.39 is 9.39 Å². The van der Waals surface area contributed by atoms with Gasteiger partial charge in [-0.15, -0.1) is 0 Å². The molecule has 1 aliphatic rings. The molecule has 0 spiro atoms. The summed E-state index contributed by atoms with van der Waals surface area (Å²) in [5.74, 6) is 8.39. The summed E-state index contributed by atoms with van der Waals surface area (Å²) in [6.45, 7) is 2.03. The van der Waals surface area contributed by atoms with Gasteiger partial charge in [0.05, 0.1) is 0 Å². The van der Waals surface area contributed by atoms with Crippen molar-refractivity contribution in [2.24, 2.45) is 0 Å². The summed E-state index contributed by atoms with van der Waals surface area (Å²) in [4.78, 5) is 3.35. The van der Waals surface area contributed by atoms with Crippen LogP contribution in [0.5, 0.6) is 0 Å². The second-order valence-electron chi connectivity index (χ2n) is 5.34. The number of aromatic nitrogens is 1. The van der Waals surface area contributed by atoms with Crippen LogP contribution in [-0.2, 0) is 0 Å². The largest absolute Gasteiger partial charge is 0.361 e. The van der Waals surface area contributed by atoms with Gasteiger partial charge in [-0.3, -0.25) is 4.31 Å². The first kappa shape index (κ1) is 12.6. The Labute approximate surface area is 115 Å². The van der Waals surface area contributed by atoms with Gasteiger partial charge in [-0.05, 0) is 24.3 Å². The number of nitrogens with zero attached hydrogens (tertiary/aromatic N) is 1. The molecule has 1 aromatic heterocycles. The maximum Gasteiger partial charge on any atom is 0.0460 e. The van der Waals surface area contributed by atoms with E-state index in [1.807, 2.05) is 0 Å². The predicted molar refractivity (Wildman–Crippen MR) is 90.2 cm³/mol. The lowest BCUT2D eigenvalue weighted by molar-refractivity contribution is 0.516. The van der Waals surface area contributed by atoms with Crippen molar-refractivity contribution in [1.82, 2.24) is 9.29 Å². The Kier molecular flexibility index (Phi) is 3.03. The van der Waals surface area contributed by atoms with Gasteiger partial charge in [0.1, 0.15) is 0 Å². The molecule has 2 aromatic rings. The zero-order valence-corrected chi connectivity index (χ0v) is 12.2. The summed E-state index contributed by atoms with van der Waals surface area (Å²) in [5.41, 5.74) is 4.00. The van der Waals surface area contributed by atoms with Crippen molar-refractivity contribution in [3.63, 3.8) is 0 Å². The van der Waals surface area contributed by atoms with E-state index in [2.05, 4.69) is 63.8 Å². The van der Waals surface area contributed by atoms with Crippen LogP contribution in [0.3, 0.4) is 0 Å². The normalized spacial score (nSPS) is 17.6. The molecular formula is C16H20N2S.